The van der Waals surface area contributed by atoms with E-state index < -0.39 is 0 Å². The Morgan fingerprint density at radius 3 is 1.47 bits per heavy atom. The summed E-state index contributed by atoms with van der Waals surface area (Å²) in [5.74, 6) is 2.21. The van der Waals surface area contributed by atoms with Gasteiger partial charge in [0.05, 0.1) is 14.2 Å². The number of ether oxygens (including phenoxy) is 2. The summed E-state index contributed by atoms with van der Waals surface area (Å²) in [6.45, 7) is 2.21. The van der Waals surface area contributed by atoms with Crippen LogP contribution in [0.25, 0.3) is 0 Å². The fourth-order valence-electron chi connectivity index (χ4n) is 2.34. The van der Waals surface area contributed by atoms with E-state index in [0.29, 0.717) is 5.92 Å². The smallest absolute Gasteiger partial charge is 0.118 e. The fraction of sp³-hybridized carbons (Fsp3) is 0.294. The standard InChI is InChI=1S/C17H20O2.3H2/c1-4-17(13-5-9-15(18-2)10-6-13)14-7-11-16(19-3)12-8-14;;;/h5-12,17H,4H2,1-3H3;3*1H/i;3*1+1D. The van der Waals surface area contributed by atoms with Gasteiger partial charge in [-0.2, -0.15) is 0 Å². The molecule has 0 aliphatic heterocycles. The molecular formula is C17H26O2. The average Bonchev–Trinajstić information content (AvgIpc) is 2.74. The van der Waals surface area contributed by atoms with E-state index in [4.69, 9.17) is 18.4 Å². The molecule has 0 aromatic heterocycles. The van der Waals surface area contributed by atoms with E-state index in [2.05, 4.69) is 31.2 Å². The lowest BCUT2D eigenvalue weighted by Crippen LogP contribution is -1.99. The largest absolute Gasteiger partial charge is 0.497 e. The first-order valence-corrected chi connectivity index (χ1v) is 6.56. The Kier molecular flexibility index (Phi) is 3.27. The summed E-state index contributed by atoms with van der Waals surface area (Å²) >= 11 is 0. The molecule has 106 valence electrons. The topological polar surface area (TPSA) is 18.5 Å². The highest BCUT2D eigenvalue weighted by Crippen LogP contribution is 2.30. The second-order valence-electron chi connectivity index (χ2n) is 4.51. The molecule has 0 atom stereocenters. The number of hydrogen-bond donors (Lipinski definition) is 0. The molecule has 0 radical (unpaired) electrons. The molecule has 2 rings (SSSR count). The third-order valence-corrected chi connectivity index (χ3v) is 3.44. The molecule has 0 spiro atoms. The zero-order chi connectivity index (χ0) is 19.7. The van der Waals surface area contributed by atoms with Crippen LogP contribution in [0, 0.1) is 0 Å². The maximum atomic E-state index is 5.20. The van der Waals surface area contributed by atoms with E-state index in [1.54, 1.807) is 14.2 Å². The van der Waals surface area contributed by atoms with Gasteiger partial charge in [0.25, 0.3) is 0 Å². The van der Waals surface area contributed by atoms with Gasteiger partial charge in [-0.15, -0.1) is 0 Å². The highest BCUT2D eigenvalue weighted by molar-refractivity contribution is 5.38. The molecule has 0 N–H and O–H groups in total. The van der Waals surface area contributed by atoms with Crippen molar-refractivity contribution in [3.8, 4) is 11.5 Å². The third kappa shape index (κ3) is 3.08. The van der Waals surface area contributed by atoms with Crippen molar-refractivity contribution in [1.29, 1.82) is 0 Å². The van der Waals surface area contributed by atoms with Crippen molar-refractivity contribution in [3.63, 3.8) is 0 Å². The quantitative estimate of drug-likeness (QED) is 0.761. The minimum Gasteiger partial charge on any atom is -0.497 e. The Morgan fingerprint density at radius 2 is 1.21 bits per heavy atom. The molecule has 0 fully saturated rings. The van der Waals surface area contributed by atoms with Crippen LogP contribution in [0.1, 0.15) is 39.3 Å². The minimum absolute atomic E-state index is 0.414. The van der Waals surface area contributed by atoms with Gasteiger partial charge in [-0.3, -0.25) is 0 Å². The molecule has 0 bridgehead atoms. The van der Waals surface area contributed by atoms with Gasteiger partial charge < -0.3 is 9.47 Å². The predicted octanol–water partition coefficient (Wildman–Crippen LogP) is 4.98. The monoisotopic (exact) mass is 268 g/mol. The van der Waals surface area contributed by atoms with Gasteiger partial charge in [0.1, 0.15) is 11.5 Å². The van der Waals surface area contributed by atoms with Crippen LogP contribution in [-0.2, 0) is 0 Å². The molecule has 2 nitrogen and oxygen atoms in total. The zero-order valence-corrected chi connectivity index (χ0v) is 11.7. The first-order valence-electron chi connectivity index (χ1n) is 9.56. The lowest BCUT2D eigenvalue weighted by atomic mass is 9.89. The Morgan fingerprint density at radius 1 is 0.842 bits per heavy atom. The summed E-state index contributed by atoms with van der Waals surface area (Å²) in [6, 6.07) is 16.6. The van der Waals surface area contributed by atoms with Crippen LogP contribution in [0.3, 0.4) is 0 Å². The van der Waals surface area contributed by atoms with E-state index in [9.17, 15) is 0 Å². The Hall–Kier alpha value is -1.96. The number of methoxy groups -OCH3 is 2. The van der Waals surface area contributed by atoms with Crippen LogP contribution in [0.5, 0.6) is 11.5 Å². The van der Waals surface area contributed by atoms with Crippen LogP contribution >= 0.6 is 0 Å². The van der Waals surface area contributed by atoms with Gasteiger partial charge in [0.15, 0.2) is 0 Å². The molecule has 2 heteroatoms. The van der Waals surface area contributed by atoms with Crippen molar-refractivity contribution < 1.29 is 18.4 Å². The predicted molar refractivity (Wildman–Crippen MR) is 84.5 cm³/mol. The van der Waals surface area contributed by atoms with E-state index in [1.165, 1.54) is 11.1 Å². The van der Waals surface area contributed by atoms with Gasteiger partial charge in [-0.25, -0.2) is 0 Å². The number of rotatable bonds is 5. The summed E-state index contributed by atoms with van der Waals surface area (Å²) in [5.41, 5.74) is 2.63. The molecule has 2 aromatic rings. The summed E-state index contributed by atoms with van der Waals surface area (Å²) in [4.78, 5) is 0. The zero-order valence-electron chi connectivity index (χ0n) is 17.7. The van der Waals surface area contributed by atoms with Crippen molar-refractivity contribution in [3.05, 3.63) is 59.7 Å². The fourth-order valence-corrected chi connectivity index (χ4v) is 2.34. The first-order chi connectivity index (χ1) is 12.3. The maximum Gasteiger partial charge on any atom is 0.118 e. The molecule has 0 aliphatic rings. The Bertz CT molecular complexity index is 472. The molecule has 0 saturated carbocycles. The van der Waals surface area contributed by atoms with Crippen LogP contribution in [0.4, 0.5) is 0 Å². The van der Waals surface area contributed by atoms with E-state index >= 15 is 0 Å². The van der Waals surface area contributed by atoms with E-state index in [0.717, 1.165) is 17.9 Å². The summed E-state index contributed by atoms with van der Waals surface area (Å²) < 4.78 is 40.4. The normalized spacial score (nSPS) is 11.8. The van der Waals surface area contributed by atoms with Crippen molar-refractivity contribution in [2.45, 2.75) is 19.3 Å². The molecule has 19 heavy (non-hydrogen) atoms. The van der Waals surface area contributed by atoms with E-state index in [-0.39, 0.29) is 0 Å². The molecule has 0 aliphatic carbocycles. The summed E-state index contributed by atoms with van der Waals surface area (Å²) in [7, 11) is 3.38. The Balaban J connectivity index is 0. The number of benzene rings is 2. The number of hydrogen-bond acceptors (Lipinski definition) is 2. The van der Waals surface area contributed by atoms with Crippen molar-refractivity contribution >= 4 is 0 Å². The third-order valence-electron chi connectivity index (χ3n) is 3.44. The van der Waals surface area contributed by atoms with Crippen molar-refractivity contribution in [1.82, 2.24) is 0 Å². The molecular weight excluding hydrogens is 236 g/mol. The highest BCUT2D eigenvalue weighted by atomic mass is 16.5. The highest BCUT2D eigenvalue weighted by Gasteiger charge is 2.12. The lowest BCUT2D eigenvalue weighted by Gasteiger charge is -2.16. The van der Waals surface area contributed by atoms with Gasteiger partial charge >= 0.3 is 0 Å². The van der Waals surface area contributed by atoms with Gasteiger partial charge in [0, 0.05) is 14.8 Å². The maximum absolute atomic E-state index is 5.20. The van der Waals surface area contributed by atoms with Crippen LogP contribution < -0.4 is 9.47 Å². The van der Waals surface area contributed by atoms with E-state index in [1.807, 2.05) is 24.3 Å². The molecule has 0 amide bonds. The lowest BCUT2D eigenvalue weighted by molar-refractivity contribution is 0.414. The van der Waals surface area contributed by atoms with Gasteiger partial charge in [0.2, 0.25) is 0 Å². The van der Waals surface area contributed by atoms with Crippen LogP contribution in [0.15, 0.2) is 48.5 Å². The summed E-state index contributed by atoms with van der Waals surface area (Å²) in [6.07, 6.45) is 1.07. The first kappa shape index (κ1) is 9.90. The average molecular weight is 268 g/mol. The Labute approximate surface area is 124 Å². The molecule has 0 saturated heterocycles. The minimum atomic E-state index is 0.414. The second-order valence-corrected chi connectivity index (χ2v) is 4.51. The molecule has 2 aromatic carbocycles. The molecule has 0 unspecified atom stereocenters. The van der Waals surface area contributed by atoms with Gasteiger partial charge in [-0.1, -0.05) is 31.2 Å². The summed E-state index contributed by atoms with van der Waals surface area (Å²) in [5, 5.41) is 0. The second kappa shape index (κ2) is 6.28. The van der Waals surface area contributed by atoms with Crippen LogP contribution in [0.2, 0.25) is 0 Å². The SMILES string of the molecule is CCC(c1ccc(OC)cc1)c1ccc(OC)cc1.[2H][2H].[2H][2H].[2H][2H]. The van der Waals surface area contributed by atoms with Crippen LogP contribution in [-0.4, -0.2) is 14.2 Å². The van der Waals surface area contributed by atoms with Crippen molar-refractivity contribution in [2.75, 3.05) is 14.2 Å². The molecule has 0 heterocycles. The van der Waals surface area contributed by atoms with Gasteiger partial charge in [-0.05, 0) is 41.8 Å². The van der Waals surface area contributed by atoms with Crippen molar-refractivity contribution in [2.24, 2.45) is 0 Å².